The molecule has 0 amide bonds. The number of hydrogen-bond donors (Lipinski definition) is 0. The van der Waals surface area contributed by atoms with E-state index in [9.17, 15) is 18.0 Å². The van der Waals surface area contributed by atoms with E-state index in [0.29, 0.717) is 17.8 Å². The number of benzene rings is 1. The second-order valence-corrected chi connectivity index (χ2v) is 5.49. The Balaban J connectivity index is 1.90. The Morgan fingerprint density at radius 1 is 1.08 bits per heavy atom. The lowest BCUT2D eigenvalue weighted by Gasteiger charge is -2.09. The minimum atomic E-state index is -4.37. The van der Waals surface area contributed by atoms with Crippen LogP contribution in [-0.4, -0.2) is 19.2 Å². The third-order valence-corrected chi connectivity index (χ3v) is 3.72. The maximum Gasteiger partial charge on any atom is 0.416 e. The van der Waals surface area contributed by atoms with Gasteiger partial charge in [0.15, 0.2) is 0 Å². The number of aryl methyl sites for hydroxylation is 1. The second kappa shape index (κ2) is 6.10. The number of aromatic nitrogens is 4. The normalized spacial score (nSPS) is 12.0. The van der Waals surface area contributed by atoms with Gasteiger partial charge in [-0.25, -0.2) is 0 Å². The summed E-state index contributed by atoms with van der Waals surface area (Å²) in [5, 5.41) is 7.92. The first-order chi connectivity index (χ1) is 11.4. The van der Waals surface area contributed by atoms with Crippen LogP contribution in [0.25, 0.3) is 5.65 Å². The van der Waals surface area contributed by atoms with Crippen molar-refractivity contribution < 1.29 is 13.2 Å². The van der Waals surface area contributed by atoms with Gasteiger partial charge in [0.05, 0.1) is 12.1 Å². The predicted octanol–water partition coefficient (Wildman–Crippen LogP) is 2.91. The fraction of sp³-hybridized carbons (Fsp3) is 0.312. The quantitative estimate of drug-likeness (QED) is 0.736. The van der Waals surface area contributed by atoms with Gasteiger partial charge in [0.1, 0.15) is 5.82 Å². The van der Waals surface area contributed by atoms with Gasteiger partial charge >= 0.3 is 6.18 Å². The molecule has 0 aliphatic heterocycles. The van der Waals surface area contributed by atoms with Gasteiger partial charge in [-0.3, -0.25) is 9.20 Å². The lowest BCUT2D eigenvalue weighted by Crippen LogP contribution is -2.22. The van der Waals surface area contributed by atoms with E-state index in [1.54, 1.807) is 16.8 Å². The molecule has 0 saturated heterocycles. The number of nitrogens with zero attached hydrogens (tertiary/aromatic N) is 4. The summed E-state index contributed by atoms with van der Waals surface area (Å²) in [6, 6.07) is 4.75. The van der Waals surface area contributed by atoms with Crippen LogP contribution in [0.15, 0.2) is 41.5 Å². The van der Waals surface area contributed by atoms with Crippen molar-refractivity contribution in [1.29, 1.82) is 0 Å². The molecule has 24 heavy (non-hydrogen) atoms. The van der Waals surface area contributed by atoms with E-state index in [2.05, 4.69) is 10.2 Å². The van der Waals surface area contributed by atoms with Crippen LogP contribution in [0.2, 0.25) is 0 Å². The monoisotopic (exact) mass is 336 g/mol. The van der Waals surface area contributed by atoms with Crippen molar-refractivity contribution >= 4 is 5.65 Å². The Morgan fingerprint density at radius 2 is 1.79 bits per heavy atom. The van der Waals surface area contributed by atoms with Crippen molar-refractivity contribution in [2.24, 2.45) is 0 Å². The van der Waals surface area contributed by atoms with Crippen LogP contribution in [0.1, 0.15) is 30.3 Å². The van der Waals surface area contributed by atoms with Gasteiger partial charge in [0, 0.05) is 18.8 Å². The number of alkyl halides is 3. The largest absolute Gasteiger partial charge is 0.416 e. The zero-order valence-corrected chi connectivity index (χ0v) is 12.9. The van der Waals surface area contributed by atoms with E-state index in [1.807, 2.05) is 6.92 Å². The van der Waals surface area contributed by atoms with Gasteiger partial charge in [0.2, 0.25) is 5.65 Å². The molecule has 0 bridgehead atoms. The molecule has 2 aromatic heterocycles. The summed E-state index contributed by atoms with van der Waals surface area (Å²) in [5.74, 6) is 0.714. The van der Waals surface area contributed by atoms with Crippen LogP contribution in [0.4, 0.5) is 13.2 Å². The molecule has 0 aliphatic carbocycles. The maximum absolute atomic E-state index is 12.6. The summed E-state index contributed by atoms with van der Waals surface area (Å²) in [4.78, 5) is 12.4. The van der Waals surface area contributed by atoms with Crippen LogP contribution in [-0.2, 0) is 19.1 Å². The molecular formula is C16H15F3N4O. The lowest BCUT2D eigenvalue weighted by molar-refractivity contribution is -0.137. The van der Waals surface area contributed by atoms with Crippen molar-refractivity contribution in [3.8, 4) is 0 Å². The van der Waals surface area contributed by atoms with Crippen molar-refractivity contribution in [2.75, 3.05) is 0 Å². The third-order valence-electron chi connectivity index (χ3n) is 3.72. The predicted molar refractivity (Wildman–Crippen MR) is 81.8 cm³/mol. The smallest absolute Gasteiger partial charge is 0.306 e. The average molecular weight is 336 g/mol. The Kier molecular flexibility index (Phi) is 4.13. The highest BCUT2D eigenvalue weighted by molar-refractivity contribution is 5.35. The Hall–Kier alpha value is -2.64. The standard InChI is InChI=1S/C16H15F3N4O/c1-2-3-13-20-21-14-15(24)22(8-9-23(13)14)10-11-4-6-12(7-5-11)16(17,18)19/h4-9H,2-3,10H2,1H3. The summed E-state index contributed by atoms with van der Waals surface area (Å²) < 4.78 is 40.8. The molecule has 0 unspecified atom stereocenters. The number of halogens is 3. The first-order valence-electron chi connectivity index (χ1n) is 7.49. The fourth-order valence-electron chi connectivity index (χ4n) is 2.48. The molecule has 8 heteroatoms. The van der Waals surface area contributed by atoms with E-state index >= 15 is 0 Å². The molecule has 1 aromatic carbocycles. The topological polar surface area (TPSA) is 52.2 Å². The van der Waals surface area contributed by atoms with Crippen LogP contribution in [0.3, 0.4) is 0 Å². The molecule has 0 atom stereocenters. The van der Waals surface area contributed by atoms with Crippen molar-refractivity contribution in [3.05, 3.63) is 64.0 Å². The van der Waals surface area contributed by atoms with Gasteiger partial charge in [-0.05, 0) is 24.1 Å². The van der Waals surface area contributed by atoms with E-state index in [-0.39, 0.29) is 17.8 Å². The summed E-state index contributed by atoms with van der Waals surface area (Å²) in [5.41, 5.74) is -0.224. The van der Waals surface area contributed by atoms with E-state index in [0.717, 1.165) is 18.6 Å². The zero-order chi connectivity index (χ0) is 17.3. The molecule has 0 fully saturated rings. The van der Waals surface area contributed by atoms with E-state index in [4.69, 9.17) is 0 Å². The Labute approximate surface area is 135 Å². The van der Waals surface area contributed by atoms with Crippen molar-refractivity contribution in [3.63, 3.8) is 0 Å². The lowest BCUT2D eigenvalue weighted by atomic mass is 10.1. The average Bonchev–Trinajstić information content (AvgIpc) is 2.94. The van der Waals surface area contributed by atoms with Crippen LogP contribution in [0, 0.1) is 0 Å². The Morgan fingerprint density at radius 3 is 2.42 bits per heavy atom. The number of hydrogen-bond acceptors (Lipinski definition) is 3. The summed E-state index contributed by atoms with van der Waals surface area (Å²) in [7, 11) is 0. The molecule has 5 nitrogen and oxygen atoms in total. The van der Waals surface area contributed by atoms with Gasteiger partial charge in [0.25, 0.3) is 5.56 Å². The van der Waals surface area contributed by atoms with Crippen LogP contribution < -0.4 is 5.56 Å². The highest BCUT2D eigenvalue weighted by atomic mass is 19.4. The van der Waals surface area contributed by atoms with E-state index < -0.39 is 11.7 Å². The minimum absolute atomic E-state index is 0.170. The van der Waals surface area contributed by atoms with Gasteiger partial charge in [-0.1, -0.05) is 19.1 Å². The molecule has 0 radical (unpaired) electrons. The van der Waals surface area contributed by atoms with Gasteiger partial charge < -0.3 is 4.57 Å². The molecular weight excluding hydrogens is 321 g/mol. The Bertz CT molecular complexity index is 910. The summed E-state index contributed by atoms with van der Waals surface area (Å²) in [6.45, 7) is 2.18. The minimum Gasteiger partial charge on any atom is -0.306 e. The van der Waals surface area contributed by atoms with Gasteiger partial charge in [-0.15, -0.1) is 10.2 Å². The highest BCUT2D eigenvalue weighted by Crippen LogP contribution is 2.29. The first-order valence-corrected chi connectivity index (χ1v) is 7.49. The van der Waals surface area contributed by atoms with Crippen molar-refractivity contribution in [2.45, 2.75) is 32.5 Å². The zero-order valence-electron chi connectivity index (χ0n) is 12.9. The van der Waals surface area contributed by atoms with Gasteiger partial charge in [-0.2, -0.15) is 13.2 Å². The highest BCUT2D eigenvalue weighted by Gasteiger charge is 2.29. The molecule has 0 aliphatic rings. The number of rotatable bonds is 4. The van der Waals surface area contributed by atoms with Crippen LogP contribution >= 0.6 is 0 Å². The molecule has 0 spiro atoms. The summed E-state index contributed by atoms with van der Waals surface area (Å²) in [6.07, 6.45) is 0.520. The first kappa shape index (κ1) is 16.2. The molecule has 3 aromatic rings. The molecule has 3 rings (SSSR count). The molecule has 126 valence electrons. The molecule has 0 N–H and O–H groups in total. The van der Waals surface area contributed by atoms with Crippen LogP contribution in [0.5, 0.6) is 0 Å². The SMILES string of the molecule is CCCc1nnc2c(=O)n(Cc3ccc(C(F)(F)F)cc3)ccn12. The maximum atomic E-state index is 12.6. The summed E-state index contributed by atoms with van der Waals surface area (Å²) >= 11 is 0. The third kappa shape index (κ3) is 3.04. The second-order valence-electron chi connectivity index (χ2n) is 5.49. The number of fused-ring (bicyclic) bond motifs is 1. The van der Waals surface area contributed by atoms with Crippen molar-refractivity contribution in [1.82, 2.24) is 19.2 Å². The molecule has 0 saturated carbocycles. The molecule has 2 heterocycles. The van der Waals surface area contributed by atoms with E-state index in [1.165, 1.54) is 16.7 Å². The fourth-order valence-corrected chi connectivity index (χ4v) is 2.48.